The van der Waals surface area contributed by atoms with Crippen molar-refractivity contribution in [3.05, 3.63) is 97.1 Å². The predicted molar refractivity (Wildman–Crippen MR) is 114 cm³/mol. The summed E-state index contributed by atoms with van der Waals surface area (Å²) in [5.74, 6) is 0.363. The fourth-order valence-electron chi connectivity index (χ4n) is 2.71. The van der Waals surface area contributed by atoms with Crippen molar-refractivity contribution in [1.29, 1.82) is 0 Å². The number of carbonyl (C=O) groups excluding carboxylic acids is 1. The number of thiol groups is 1. The Hall–Kier alpha value is -2.98. The maximum Gasteiger partial charge on any atom is 0.333 e. The summed E-state index contributed by atoms with van der Waals surface area (Å²) in [6, 6.07) is 29.3. The molecule has 0 N–H and O–H groups in total. The third kappa shape index (κ3) is 5.27. The predicted octanol–water partition coefficient (Wildman–Crippen LogP) is 5.66. The van der Waals surface area contributed by atoms with Gasteiger partial charge < -0.3 is 9.47 Å². The summed E-state index contributed by atoms with van der Waals surface area (Å²) in [6.45, 7) is 5.69. The lowest BCUT2D eigenvalue weighted by Gasteiger charge is -2.23. The lowest BCUT2D eigenvalue weighted by Crippen LogP contribution is -2.12. The quantitative estimate of drug-likeness (QED) is 0.232. The Morgan fingerprint density at radius 2 is 1.29 bits per heavy atom. The zero-order valence-electron chi connectivity index (χ0n) is 15.9. The van der Waals surface area contributed by atoms with Crippen LogP contribution in [0.3, 0.4) is 0 Å². The van der Waals surface area contributed by atoms with E-state index in [4.69, 9.17) is 9.47 Å². The van der Waals surface area contributed by atoms with Crippen LogP contribution in [0.1, 0.15) is 6.92 Å². The van der Waals surface area contributed by atoms with Crippen molar-refractivity contribution >= 4 is 16.9 Å². The highest BCUT2D eigenvalue weighted by molar-refractivity contribution is 8.17. The normalized spacial score (nSPS) is 10.8. The standard InChI is InChI=1S/C24H24O3S/c1-19(2)24(25)27-18-17-26-20-13-15-23(16-14-20)28(21-9-5-3-6-10-21)22-11-7-4-8-12-22/h3-16,28H,1,17-18H2,2H3. The highest BCUT2D eigenvalue weighted by Gasteiger charge is 2.12. The van der Waals surface area contributed by atoms with Crippen LogP contribution in [0.5, 0.6) is 5.75 Å². The molecule has 0 radical (unpaired) electrons. The first-order valence-corrected chi connectivity index (χ1v) is 10.4. The lowest BCUT2D eigenvalue weighted by atomic mass is 10.3. The Balaban J connectivity index is 1.71. The Bertz CT molecular complexity index is 866. The van der Waals surface area contributed by atoms with Crippen LogP contribution in [0, 0.1) is 0 Å². The van der Waals surface area contributed by atoms with Gasteiger partial charge >= 0.3 is 5.97 Å². The van der Waals surface area contributed by atoms with Crippen LogP contribution in [0.2, 0.25) is 0 Å². The Labute approximate surface area is 169 Å². The molecule has 0 amide bonds. The zero-order valence-corrected chi connectivity index (χ0v) is 16.8. The van der Waals surface area contributed by atoms with E-state index in [0.717, 1.165) is 5.75 Å². The molecule has 0 aliphatic carbocycles. The molecule has 0 unspecified atom stereocenters. The van der Waals surface area contributed by atoms with Gasteiger partial charge in [-0.1, -0.05) is 43.0 Å². The largest absolute Gasteiger partial charge is 0.490 e. The fourth-order valence-corrected chi connectivity index (χ4v) is 4.99. The first-order valence-electron chi connectivity index (χ1n) is 9.11. The molecule has 28 heavy (non-hydrogen) atoms. The minimum atomic E-state index is -0.625. The van der Waals surface area contributed by atoms with Crippen LogP contribution >= 0.6 is 10.9 Å². The van der Waals surface area contributed by atoms with Crippen molar-refractivity contribution < 1.29 is 14.3 Å². The second-order valence-electron chi connectivity index (χ2n) is 6.27. The van der Waals surface area contributed by atoms with Crippen molar-refractivity contribution in [2.45, 2.75) is 21.6 Å². The minimum Gasteiger partial charge on any atom is -0.490 e. The molecule has 144 valence electrons. The van der Waals surface area contributed by atoms with Gasteiger partial charge in [0.2, 0.25) is 0 Å². The molecule has 3 rings (SSSR count). The van der Waals surface area contributed by atoms with Crippen molar-refractivity contribution in [2.24, 2.45) is 0 Å². The third-order valence-electron chi connectivity index (χ3n) is 4.06. The number of benzene rings is 3. The van der Waals surface area contributed by atoms with E-state index in [9.17, 15) is 4.79 Å². The van der Waals surface area contributed by atoms with Crippen molar-refractivity contribution in [3.63, 3.8) is 0 Å². The van der Waals surface area contributed by atoms with Gasteiger partial charge in [0.05, 0.1) is 0 Å². The van der Waals surface area contributed by atoms with Crippen LogP contribution < -0.4 is 4.74 Å². The van der Waals surface area contributed by atoms with Gasteiger partial charge in [-0.05, 0) is 70.1 Å². The first kappa shape index (κ1) is 19.8. The van der Waals surface area contributed by atoms with Gasteiger partial charge in [0, 0.05) is 5.57 Å². The molecular formula is C24H24O3S. The molecule has 0 saturated heterocycles. The van der Waals surface area contributed by atoms with E-state index in [1.54, 1.807) is 6.92 Å². The number of ether oxygens (including phenoxy) is 2. The van der Waals surface area contributed by atoms with Crippen molar-refractivity contribution in [2.75, 3.05) is 13.2 Å². The molecule has 0 bridgehead atoms. The smallest absolute Gasteiger partial charge is 0.333 e. The molecule has 0 spiro atoms. The van der Waals surface area contributed by atoms with Gasteiger partial charge in [0.25, 0.3) is 0 Å². The minimum absolute atomic E-state index is 0.203. The van der Waals surface area contributed by atoms with Gasteiger partial charge in [-0.2, -0.15) is 10.9 Å². The second kappa shape index (κ2) is 9.81. The third-order valence-corrected chi connectivity index (χ3v) is 6.50. The Morgan fingerprint density at radius 3 is 1.79 bits per heavy atom. The van der Waals surface area contributed by atoms with Gasteiger partial charge in [-0.3, -0.25) is 0 Å². The van der Waals surface area contributed by atoms with E-state index in [1.165, 1.54) is 14.7 Å². The molecule has 0 heterocycles. The van der Waals surface area contributed by atoms with Gasteiger partial charge in [-0.25, -0.2) is 4.79 Å². The van der Waals surface area contributed by atoms with E-state index in [1.807, 2.05) is 24.3 Å². The van der Waals surface area contributed by atoms with Gasteiger partial charge in [-0.15, -0.1) is 0 Å². The summed E-state index contributed by atoms with van der Waals surface area (Å²) in [5.41, 5.74) is 0.388. The molecule has 3 aromatic carbocycles. The molecule has 0 saturated carbocycles. The molecular weight excluding hydrogens is 368 g/mol. The molecule has 0 aromatic heterocycles. The van der Waals surface area contributed by atoms with Gasteiger partial charge in [0.15, 0.2) is 0 Å². The average molecular weight is 393 g/mol. The van der Waals surface area contributed by atoms with E-state index < -0.39 is 16.9 Å². The van der Waals surface area contributed by atoms with Crippen LogP contribution in [-0.4, -0.2) is 19.2 Å². The van der Waals surface area contributed by atoms with E-state index >= 15 is 0 Å². The van der Waals surface area contributed by atoms with E-state index in [2.05, 4.69) is 67.2 Å². The SMILES string of the molecule is C=C(C)C(=O)OCCOc1ccc([SH](c2ccccc2)c2ccccc2)cc1. The fraction of sp³-hybridized carbons (Fsp3) is 0.125. The molecule has 3 aromatic rings. The van der Waals surface area contributed by atoms with Crippen LogP contribution in [0.25, 0.3) is 0 Å². The number of carbonyl (C=O) groups is 1. The first-order chi connectivity index (χ1) is 13.6. The average Bonchev–Trinajstić information content (AvgIpc) is 2.74. The monoisotopic (exact) mass is 392 g/mol. The summed E-state index contributed by atoms with van der Waals surface area (Å²) >= 11 is 0. The number of rotatable bonds is 8. The zero-order chi connectivity index (χ0) is 19.8. The maximum absolute atomic E-state index is 11.4. The van der Waals surface area contributed by atoms with Crippen LogP contribution in [0.15, 0.2) is 112 Å². The summed E-state index contributed by atoms with van der Waals surface area (Å²) in [7, 11) is -0.625. The molecule has 4 heteroatoms. The highest BCUT2D eigenvalue weighted by atomic mass is 32.2. The van der Waals surface area contributed by atoms with Crippen molar-refractivity contribution in [1.82, 2.24) is 0 Å². The number of hydrogen-bond acceptors (Lipinski definition) is 3. The summed E-state index contributed by atoms with van der Waals surface area (Å²) in [5, 5.41) is 0. The second-order valence-corrected chi connectivity index (χ2v) is 8.49. The molecule has 3 nitrogen and oxygen atoms in total. The number of esters is 1. The number of hydrogen-bond donors (Lipinski definition) is 1. The maximum atomic E-state index is 11.4. The lowest BCUT2D eigenvalue weighted by molar-refractivity contribution is -0.139. The van der Waals surface area contributed by atoms with Crippen LogP contribution in [0.4, 0.5) is 0 Å². The topological polar surface area (TPSA) is 35.5 Å². The molecule has 0 atom stereocenters. The van der Waals surface area contributed by atoms with E-state index in [0.29, 0.717) is 12.2 Å². The molecule has 0 aliphatic rings. The van der Waals surface area contributed by atoms with E-state index in [-0.39, 0.29) is 6.61 Å². The highest BCUT2D eigenvalue weighted by Crippen LogP contribution is 2.51. The summed E-state index contributed by atoms with van der Waals surface area (Å²) in [4.78, 5) is 15.2. The molecule has 0 fully saturated rings. The van der Waals surface area contributed by atoms with Crippen LogP contribution in [-0.2, 0) is 9.53 Å². The Morgan fingerprint density at radius 1 is 0.786 bits per heavy atom. The molecule has 0 aliphatic heterocycles. The van der Waals surface area contributed by atoms with Crippen molar-refractivity contribution in [3.8, 4) is 5.75 Å². The summed E-state index contributed by atoms with van der Waals surface area (Å²) < 4.78 is 10.7. The summed E-state index contributed by atoms with van der Waals surface area (Å²) in [6.07, 6.45) is 0. The van der Waals surface area contributed by atoms with Gasteiger partial charge in [0.1, 0.15) is 19.0 Å². The Kier molecular flexibility index (Phi) is 6.93.